The maximum Gasteiger partial charge on any atom is 0.319 e. The molecule has 0 aliphatic carbocycles. The Morgan fingerprint density at radius 1 is 0.720 bits per heavy atom. The number of benzene rings is 3. The number of hydrogen-bond donors (Lipinski definition) is 2. The zero-order valence-electron chi connectivity index (χ0n) is 13.8. The molecule has 0 heterocycles. The van der Waals surface area contributed by atoms with Gasteiger partial charge >= 0.3 is 6.03 Å². The van der Waals surface area contributed by atoms with Gasteiger partial charge in [0.05, 0.1) is 6.04 Å². The summed E-state index contributed by atoms with van der Waals surface area (Å²) < 4.78 is 0. The van der Waals surface area contributed by atoms with Gasteiger partial charge in [-0.2, -0.15) is 0 Å². The zero-order chi connectivity index (χ0) is 17.3. The van der Waals surface area contributed by atoms with E-state index in [0.717, 1.165) is 16.7 Å². The first kappa shape index (κ1) is 16.5. The predicted molar refractivity (Wildman–Crippen MR) is 102 cm³/mol. The van der Waals surface area contributed by atoms with Crippen LogP contribution < -0.4 is 10.6 Å². The molecule has 2 N–H and O–H groups in total. The third kappa shape index (κ3) is 4.82. The zero-order valence-corrected chi connectivity index (χ0v) is 13.8. The van der Waals surface area contributed by atoms with E-state index in [9.17, 15) is 4.79 Å². The summed E-state index contributed by atoms with van der Waals surface area (Å²) in [4.78, 5) is 12.3. The second-order valence-electron chi connectivity index (χ2n) is 5.62. The van der Waals surface area contributed by atoms with E-state index in [-0.39, 0.29) is 12.1 Å². The van der Waals surface area contributed by atoms with Crippen LogP contribution in [0.3, 0.4) is 0 Å². The molecule has 2 amide bonds. The molecule has 3 aromatic rings. The van der Waals surface area contributed by atoms with Crippen molar-refractivity contribution in [1.82, 2.24) is 10.6 Å². The van der Waals surface area contributed by atoms with Gasteiger partial charge in [-0.15, -0.1) is 0 Å². The first-order chi connectivity index (χ1) is 12.3. The van der Waals surface area contributed by atoms with Crippen molar-refractivity contribution in [3.63, 3.8) is 0 Å². The van der Waals surface area contributed by atoms with Crippen LogP contribution in [0.1, 0.15) is 22.7 Å². The highest BCUT2D eigenvalue weighted by Crippen LogP contribution is 2.21. The number of rotatable bonds is 5. The van der Waals surface area contributed by atoms with Gasteiger partial charge in [-0.3, -0.25) is 0 Å². The number of hydrogen-bond acceptors (Lipinski definition) is 1. The van der Waals surface area contributed by atoms with E-state index in [1.54, 1.807) is 6.20 Å². The molecule has 0 spiro atoms. The number of carbonyl (C=O) groups is 1. The molecule has 3 heteroatoms. The Kier molecular flexibility index (Phi) is 5.62. The molecule has 0 radical (unpaired) electrons. The molecule has 0 unspecified atom stereocenters. The average Bonchev–Trinajstić information content (AvgIpc) is 2.68. The molecular weight excluding hydrogens is 308 g/mol. The van der Waals surface area contributed by atoms with Gasteiger partial charge in [0.25, 0.3) is 0 Å². The van der Waals surface area contributed by atoms with Crippen LogP contribution in [0.2, 0.25) is 0 Å². The number of urea groups is 1. The van der Waals surface area contributed by atoms with Crippen LogP contribution in [0.25, 0.3) is 6.08 Å². The van der Waals surface area contributed by atoms with Gasteiger partial charge in [0.1, 0.15) is 0 Å². The molecule has 0 aliphatic rings. The lowest BCUT2D eigenvalue weighted by Crippen LogP contribution is -2.35. The van der Waals surface area contributed by atoms with Gasteiger partial charge in [-0.1, -0.05) is 91.0 Å². The predicted octanol–water partition coefficient (Wildman–Crippen LogP) is 4.75. The van der Waals surface area contributed by atoms with Crippen LogP contribution in [-0.4, -0.2) is 6.03 Å². The second kappa shape index (κ2) is 8.50. The Morgan fingerprint density at radius 2 is 1.20 bits per heavy atom. The van der Waals surface area contributed by atoms with Gasteiger partial charge in [-0.25, -0.2) is 4.79 Å². The van der Waals surface area contributed by atoms with Crippen molar-refractivity contribution >= 4 is 12.1 Å². The first-order valence-electron chi connectivity index (χ1n) is 8.21. The molecule has 3 nitrogen and oxygen atoms in total. The molecule has 3 rings (SSSR count). The van der Waals surface area contributed by atoms with Crippen LogP contribution in [-0.2, 0) is 0 Å². The Bertz CT molecular complexity index is 775. The van der Waals surface area contributed by atoms with Gasteiger partial charge in [0, 0.05) is 6.20 Å². The smallest absolute Gasteiger partial charge is 0.319 e. The highest BCUT2D eigenvalue weighted by atomic mass is 16.2. The van der Waals surface area contributed by atoms with Crippen LogP contribution >= 0.6 is 0 Å². The summed E-state index contributed by atoms with van der Waals surface area (Å²) in [5, 5.41) is 5.81. The van der Waals surface area contributed by atoms with Crippen LogP contribution in [0.15, 0.2) is 97.2 Å². The minimum Gasteiger partial charge on any atom is -0.327 e. The molecule has 124 valence electrons. The Labute approximate surface area is 148 Å². The lowest BCUT2D eigenvalue weighted by atomic mass is 9.99. The summed E-state index contributed by atoms with van der Waals surface area (Å²) >= 11 is 0. The van der Waals surface area contributed by atoms with Gasteiger partial charge in [0.15, 0.2) is 0 Å². The minimum atomic E-state index is -0.245. The Morgan fingerprint density at radius 3 is 1.72 bits per heavy atom. The molecule has 0 aliphatic heterocycles. The van der Waals surface area contributed by atoms with E-state index in [2.05, 4.69) is 10.6 Å². The minimum absolute atomic E-state index is 0.201. The van der Waals surface area contributed by atoms with Crippen molar-refractivity contribution in [2.45, 2.75) is 6.04 Å². The van der Waals surface area contributed by atoms with E-state index in [0.29, 0.717) is 0 Å². The van der Waals surface area contributed by atoms with Crippen molar-refractivity contribution in [1.29, 1.82) is 0 Å². The summed E-state index contributed by atoms with van der Waals surface area (Å²) in [6.07, 6.45) is 3.51. The average molecular weight is 328 g/mol. The summed E-state index contributed by atoms with van der Waals surface area (Å²) in [5.41, 5.74) is 3.11. The fourth-order valence-corrected chi connectivity index (χ4v) is 2.60. The molecule has 3 aromatic carbocycles. The second-order valence-corrected chi connectivity index (χ2v) is 5.62. The summed E-state index contributed by atoms with van der Waals surface area (Å²) in [5.74, 6) is 0. The maximum absolute atomic E-state index is 12.3. The third-order valence-corrected chi connectivity index (χ3v) is 3.83. The highest BCUT2D eigenvalue weighted by Gasteiger charge is 2.15. The van der Waals surface area contributed by atoms with E-state index < -0.39 is 0 Å². The van der Waals surface area contributed by atoms with Crippen molar-refractivity contribution in [2.75, 3.05) is 0 Å². The fourth-order valence-electron chi connectivity index (χ4n) is 2.60. The van der Waals surface area contributed by atoms with Gasteiger partial charge in [-0.05, 0) is 22.8 Å². The lowest BCUT2D eigenvalue weighted by molar-refractivity contribution is 0.242. The van der Waals surface area contributed by atoms with Gasteiger partial charge in [0.2, 0.25) is 0 Å². The van der Waals surface area contributed by atoms with Gasteiger partial charge < -0.3 is 10.6 Å². The SMILES string of the molecule is O=C(N/C=C/c1ccccc1)NC(c1ccccc1)c1ccccc1. The van der Waals surface area contributed by atoms with Crippen LogP contribution in [0.4, 0.5) is 4.79 Å². The first-order valence-corrected chi connectivity index (χ1v) is 8.21. The fraction of sp³-hybridized carbons (Fsp3) is 0.0455. The van der Waals surface area contributed by atoms with Crippen molar-refractivity contribution < 1.29 is 4.79 Å². The Hall–Kier alpha value is -3.33. The quantitative estimate of drug-likeness (QED) is 0.697. The van der Waals surface area contributed by atoms with Crippen LogP contribution in [0.5, 0.6) is 0 Å². The number of amides is 2. The molecule has 0 fully saturated rings. The monoisotopic (exact) mass is 328 g/mol. The molecule has 0 aromatic heterocycles. The number of nitrogens with one attached hydrogen (secondary N) is 2. The third-order valence-electron chi connectivity index (χ3n) is 3.83. The van der Waals surface area contributed by atoms with E-state index >= 15 is 0 Å². The van der Waals surface area contributed by atoms with Crippen LogP contribution in [0, 0.1) is 0 Å². The molecule has 0 saturated carbocycles. The van der Waals surface area contributed by atoms with E-state index in [4.69, 9.17) is 0 Å². The summed E-state index contributed by atoms with van der Waals surface area (Å²) in [6.45, 7) is 0. The largest absolute Gasteiger partial charge is 0.327 e. The molecule has 25 heavy (non-hydrogen) atoms. The standard InChI is InChI=1S/C22H20N2O/c25-22(23-17-16-18-10-4-1-5-11-18)24-21(19-12-6-2-7-13-19)20-14-8-3-9-15-20/h1-17,21H,(H2,23,24,25)/b17-16+. The molecule has 0 atom stereocenters. The van der Waals surface area contributed by atoms with E-state index in [1.165, 1.54) is 0 Å². The molecular formula is C22H20N2O. The summed E-state index contributed by atoms with van der Waals surface area (Å²) in [7, 11) is 0. The summed E-state index contributed by atoms with van der Waals surface area (Å²) in [6, 6.07) is 29.3. The van der Waals surface area contributed by atoms with E-state index in [1.807, 2.05) is 97.1 Å². The lowest BCUT2D eigenvalue weighted by Gasteiger charge is -2.19. The molecule has 0 saturated heterocycles. The molecule has 0 bridgehead atoms. The Balaban J connectivity index is 1.70. The normalized spacial score (nSPS) is 10.8. The van der Waals surface area contributed by atoms with Crippen molar-refractivity contribution in [2.24, 2.45) is 0 Å². The topological polar surface area (TPSA) is 41.1 Å². The number of carbonyl (C=O) groups excluding carboxylic acids is 1. The van der Waals surface area contributed by atoms with Crippen molar-refractivity contribution in [3.8, 4) is 0 Å². The maximum atomic E-state index is 12.3. The van der Waals surface area contributed by atoms with Crippen molar-refractivity contribution in [3.05, 3.63) is 114 Å². The highest BCUT2D eigenvalue weighted by molar-refractivity contribution is 5.77.